The predicted octanol–water partition coefficient (Wildman–Crippen LogP) is 2.08. The zero-order chi connectivity index (χ0) is 12.6. The molecule has 3 rings (SSSR count). The van der Waals surface area contributed by atoms with E-state index >= 15 is 0 Å². The number of methoxy groups -OCH3 is 1. The molecule has 0 aromatic carbocycles. The fourth-order valence-corrected chi connectivity index (χ4v) is 2.90. The standard InChI is InChI=1S/C13H18N4O/c1-18-12-11-10(16-8-17-12)9(7-15-11)13(14)5-3-2-4-6-13/h7-8,15H,2-6,14H2,1H3. The number of fused-ring (bicyclic) bond motifs is 1. The summed E-state index contributed by atoms with van der Waals surface area (Å²) in [5.41, 5.74) is 9.14. The summed E-state index contributed by atoms with van der Waals surface area (Å²) in [6, 6.07) is 0. The molecule has 0 amide bonds. The molecule has 1 aliphatic rings. The summed E-state index contributed by atoms with van der Waals surface area (Å²) in [7, 11) is 1.61. The molecule has 0 atom stereocenters. The average Bonchev–Trinajstić information content (AvgIpc) is 2.84. The predicted molar refractivity (Wildman–Crippen MR) is 69.4 cm³/mol. The van der Waals surface area contributed by atoms with Gasteiger partial charge in [0.05, 0.1) is 7.11 Å². The Morgan fingerprint density at radius 2 is 2.06 bits per heavy atom. The van der Waals surface area contributed by atoms with Crippen LogP contribution in [0.2, 0.25) is 0 Å². The van der Waals surface area contributed by atoms with E-state index < -0.39 is 0 Å². The van der Waals surface area contributed by atoms with Gasteiger partial charge in [-0.3, -0.25) is 0 Å². The summed E-state index contributed by atoms with van der Waals surface area (Å²) < 4.78 is 5.24. The van der Waals surface area contributed by atoms with Crippen molar-refractivity contribution < 1.29 is 4.74 Å². The maximum Gasteiger partial charge on any atom is 0.241 e. The first kappa shape index (κ1) is 11.5. The number of nitrogens with zero attached hydrogens (tertiary/aromatic N) is 2. The molecule has 0 bridgehead atoms. The molecule has 0 saturated heterocycles. The molecule has 0 unspecified atom stereocenters. The van der Waals surface area contributed by atoms with Crippen LogP contribution in [0.4, 0.5) is 0 Å². The fraction of sp³-hybridized carbons (Fsp3) is 0.538. The zero-order valence-corrected chi connectivity index (χ0v) is 10.6. The smallest absolute Gasteiger partial charge is 0.241 e. The van der Waals surface area contributed by atoms with Gasteiger partial charge < -0.3 is 15.5 Å². The molecule has 2 heterocycles. The van der Waals surface area contributed by atoms with Gasteiger partial charge in [0.2, 0.25) is 5.88 Å². The van der Waals surface area contributed by atoms with E-state index in [-0.39, 0.29) is 5.54 Å². The number of nitrogens with two attached hydrogens (primary N) is 1. The number of aromatic nitrogens is 3. The van der Waals surface area contributed by atoms with E-state index in [4.69, 9.17) is 10.5 Å². The topological polar surface area (TPSA) is 76.8 Å². The Bertz CT molecular complexity index is 557. The Labute approximate surface area is 106 Å². The first-order valence-electron chi connectivity index (χ1n) is 6.40. The molecular formula is C13H18N4O. The highest BCUT2D eigenvalue weighted by molar-refractivity contribution is 5.83. The second-order valence-electron chi connectivity index (χ2n) is 5.03. The van der Waals surface area contributed by atoms with Crippen molar-refractivity contribution in [2.24, 2.45) is 5.73 Å². The quantitative estimate of drug-likeness (QED) is 0.850. The van der Waals surface area contributed by atoms with Gasteiger partial charge in [0.15, 0.2) is 0 Å². The van der Waals surface area contributed by atoms with E-state index in [0.29, 0.717) is 5.88 Å². The van der Waals surface area contributed by atoms with Crippen molar-refractivity contribution in [2.45, 2.75) is 37.6 Å². The van der Waals surface area contributed by atoms with E-state index in [1.54, 1.807) is 7.11 Å². The molecule has 1 aliphatic carbocycles. The number of aromatic amines is 1. The third-order valence-corrected chi connectivity index (χ3v) is 3.90. The summed E-state index contributed by atoms with van der Waals surface area (Å²) in [5, 5.41) is 0. The van der Waals surface area contributed by atoms with Crippen molar-refractivity contribution in [1.82, 2.24) is 15.0 Å². The van der Waals surface area contributed by atoms with Crippen molar-refractivity contribution in [2.75, 3.05) is 7.11 Å². The van der Waals surface area contributed by atoms with Gasteiger partial charge in [0.1, 0.15) is 17.4 Å². The van der Waals surface area contributed by atoms with Crippen molar-refractivity contribution in [1.29, 1.82) is 0 Å². The SMILES string of the molecule is COc1ncnc2c(C3(N)CCCCC3)c[nH]c12. The third-order valence-electron chi connectivity index (χ3n) is 3.90. The molecule has 0 radical (unpaired) electrons. The summed E-state index contributed by atoms with van der Waals surface area (Å²) in [4.78, 5) is 11.7. The number of hydrogen-bond donors (Lipinski definition) is 2. The summed E-state index contributed by atoms with van der Waals surface area (Å²) in [6.45, 7) is 0. The molecule has 5 heteroatoms. The minimum atomic E-state index is -0.254. The first-order chi connectivity index (χ1) is 8.74. The summed E-state index contributed by atoms with van der Waals surface area (Å²) in [5.74, 6) is 0.575. The van der Waals surface area contributed by atoms with Gasteiger partial charge in [-0.25, -0.2) is 4.98 Å². The monoisotopic (exact) mass is 246 g/mol. The maximum absolute atomic E-state index is 6.56. The Morgan fingerprint density at radius 1 is 1.28 bits per heavy atom. The second kappa shape index (κ2) is 4.24. The van der Waals surface area contributed by atoms with E-state index in [9.17, 15) is 0 Å². The van der Waals surface area contributed by atoms with Crippen molar-refractivity contribution >= 4 is 11.0 Å². The zero-order valence-electron chi connectivity index (χ0n) is 10.6. The van der Waals surface area contributed by atoms with Gasteiger partial charge in [0, 0.05) is 17.3 Å². The highest BCUT2D eigenvalue weighted by Gasteiger charge is 2.32. The molecule has 0 spiro atoms. The molecule has 5 nitrogen and oxygen atoms in total. The lowest BCUT2D eigenvalue weighted by Gasteiger charge is -2.32. The fourth-order valence-electron chi connectivity index (χ4n) is 2.90. The van der Waals surface area contributed by atoms with Gasteiger partial charge in [-0.15, -0.1) is 0 Å². The van der Waals surface area contributed by atoms with Crippen LogP contribution < -0.4 is 10.5 Å². The van der Waals surface area contributed by atoms with Crippen LogP contribution in [0.1, 0.15) is 37.7 Å². The number of H-pyrrole nitrogens is 1. The largest absolute Gasteiger partial charge is 0.479 e. The normalized spacial score (nSPS) is 19.0. The van der Waals surface area contributed by atoms with Crippen LogP contribution in [0.15, 0.2) is 12.5 Å². The number of ether oxygens (including phenoxy) is 1. The molecule has 3 N–H and O–H groups in total. The summed E-state index contributed by atoms with van der Waals surface area (Å²) >= 11 is 0. The van der Waals surface area contributed by atoms with Crippen LogP contribution in [-0.2, 0) is 5.54 Å². The van der Waals surface area contributed by atoms with Crippen LogP contribution in [0.5, 0.6) is 5.88 Å². The van der Waals surface area contributed by atoms with Crippen LogP contribution in [0.3, 0.4) is 0 Å². The lowest BCUT2D eigenvalue weighted by molar-refractivity contribution is 0.304. The van der Waals surface area contributed by atoms with Crippen LogP contribution >= 0.6 is 0 Å². The van der Waals surface area contributed by atoms with E-state index in [0.717, 1.165) is 29.4 Å². The van der Waals surface area contributed by atoms with Crippen LogP contribution in [0, 0.1) is 0 Å². The van der Waals surface area contributed by atoms with E-state index in [1.807, 2.05) is 6.20 Å². The van der Waals surface area contributed by atoms with Gasteiger partial charge in [0.25, 0.3) is 0 Å². The Balaban J connectivity index is 2.12. The number of rotatable bonds is 2. The third kappa shape index (κ3) is 1.66. The summed E-state index contributed by atoms with van der Waals surface area (Å²) in [6.07, 6.45) is 9.19. The Morgan fingerprint density at radius 3 is 2.78 bits per heavy atom. The van der Waals surface area contributed by atoms with Crippen LogP contribution in [-0.4, -0.2) is 22.1 Å². The van der Waals surface area contributed by atoms with Gasteiger partial charge in [-0.1, -0.05) is 19.3 Å². The maximum atomic E-state index is 6.56. The number of nitrogens with one attached hydrogen (secondary N) is 1. The molecule has 96 valence electrons. The van der Waals surface area contributed by atoms with Crippen molar-refractivity contribution in [3.05, 3.63) is 18.1 Å². The molecule has 2 aromatic heterocycles. The molecule has 1 fully saturated rings. The second-order valence-corrected chi connectivity index (χ2v) is 5.03. The number of hydrogen-bond acceptors (Lipinski definition) is 4. The molecule has 1 saturated carbocycles. The highest BCUT2D eigenvalue weighted by atomic mass is 16.5. The van der Waals surface area contributed by atoms with E-state index in [2.05, 4.69) is 15.0 Å². The van der Waals surface area contributed by atoms with Crippen LogP contribution in [0.25, 0.3) is 11.0 Å². The van der Waals surface area contributed by atoms with Crippen molar-refractivity contribution in [3.63, 3.8) is 0 Å². The molecule has 18 heavy (non-hydrogen) atoms. The average molecular weight is 246 g/mol. The molecule has 2 aromatic rings. The minimum Gasteiger partial charge on any atom is -0.479 e. The Hall–Kier alpha value is -1.62. The molecule has 0 aliphatic heterocycles. The lowest BCUT2D eigenvalue weighted by atomic mass is 9.78. The minimum absolute atomic E-state index is 0.254. The lowest BCUT2D eigenvalue weighted by Crippen LogP contribution is -2.38. The first-order valence-corrected chi connectivity index (χ1v) is 6.40. The van der Waals surface area contributed by atoms with Gasteiger partial charge in [-0.05, 0) is 12.8 Å². The molecular weight excluding hydrogens is 228 g/mol. The van der Waals surface area contributed by atoms with Crippen molar-refractivity contribution in [3.8, 4) is 5.88 Å². The van der Waals surface area contributed by atoms with Gasteiger partial charge in [-0.2, -0.15) is 4.98 Å². The highest BCUT2D eigenvalue weighted by Crippen LogP contribution is 2.38. The Kier molecular flexibility index (Phi) is 2.70. The van der Waals surface area contributed by atoms with Gasteiger partial charge >= 0.3 is 0 Å². The van der Waals surface area contributed by atoms with E-state index in [1.165, 1.54) is 25.6 Å².